The molecular weight excluding hydrogens is 566 g/mol. The molecule has 43 heavy (non-hydrogen) atoms. The van der Waals surface area contributed by atoms with Crippen molar-refractivity contribution < 1.29 is 23.7 Å². The Morgan fingerprint density at radius 3 is 2.49 bits per heavy atom. The second-order valence-corrected chi connectivity index (χ2v) is 10.1. The summed E-state index contributed by atoms with van der Waals surface area (Å²) in [6.07, 6.45) is 1.32. The average molecular weight is 592 g/mol. The van der Waals surface area contributed by atoms with Gasteiger partial charge >= 0.3 is 0 Å². The first kappa shape index (κ1) is 29.1. The number of hydrogen-bond donors (Lipinski definition) is 1. The van der Waals surface area contributed by atoms with Gasteiger partial charge in [-0.25, -0.2) is 0 Å². The lowest BCUT2D eigenvalue weighted by Crippen LogP contribution is -2.15. The Labute approximate surface area is 254 Å². The summed E-state index contributed by atoms with van der Waals surface area (Å²) in [5.41, 5.74) is 10.7. The number of carbonyl (C=O) groups excluding carboxylic acids is 1. The highest BCUT2D eigenvalue weighted by Crippen LogP contribution is 2.38. The molecule has 8 nitrogen and oxygen atoms in total. The van der Waals surface area contributed by atoms with Crippen molar-refractivity contribution in [3.8, 4) is 46.3 Å². The van der Waals surface area contributed by atoms with Gasteiger partial charge in [0.25, 0.3) is 5.91 Å². The monoisotopic (exact) mass is 591 g/mol. The SMILES string of the molecule is Cc1c(COc2cc(OCc3cccc(C#N)c3)c(/C=C(\C#N)C(N)=O)cc2Cl)cccc1-c1ccc2c(c1)OCCO2. The van der Waals surface area contributed by atoms with Crippen LogP contribution in [0.4, 0.5) is 0 Å². The predicted octanol–water partition coefficient (Wildman–Crippen LogP) is 6.51. The van der Waals surface area contributed by atoms with E-state index in [1.807, 2.05) is 49.4 Å². The van der Waals surface area contributed by atoms with Crippen LogP contribution < -0.4 is 24.7 Å². The quantitative estimate of drug-likeness (QED) is 0.174. The molecule has 4 aromatic carbocycles. The highest BCUT2D eigenvalue weighted by molar-refractivity contribution is 6.32. The van der Waals surface area contributed by atoms with Crippen LogP contribution in [0.15, 0.2) is 78.4 Å². The van der Waals surface area contributed by atoms with Crippen LogP contribution in [0.2, 0.25) is 5.02 Å². The van der Waals surface area contributed by atoms with E-state index in [2.05, 4.69) is 6.07 Å². The zero-order valence-electron chi connectivity index (χ0n) is 23.2. The number of primary amides is 1. The molecule has 0 saturated heterocycles. The van der Waals surface area contributed by atoms with Crippen LogP contribution in [0.5, 0.6) is 23.0 Å². The fraction of sp³-hybridized carbons (Fsp3) is 0.147. The number of benzene rings is 4. The summed E-state index contributed by atoms with van der Waals surface area (Å²) in [4.78, 5) is 11.7. The molecule has 0 bridgehead atoms. The molecule has 1 heterocycles. The van der Waals surface area contributed by atoms with Gasteiger partial charge in [-0.05, 0) is 71.1 Å². The minimum atomic E-state index is -0.875. The van der Waals surface area contributed by atoms with E-state index in [0.29, 0.717) is 41.6 Å². The minimum Gasteiger partial charge on any atom is -0.488 e. The molecule has 1 amide bonds. The average Bonchev–Trinajstić information content (AvgIpc) is 3.02. The second-order valence-electron chi connectivity index (χ2n) is 9.69. The van der Waals surface area contributed by atoms with Gasteiger partial charge in [0.2, 0.25) is 0 Å². The smallest absolute Gasteiger partial charge is 0.259 e. The molecule has 0 fully saturated rings. The van der Waals surface area contributed by atoms with Crippen molar-refractivity contribution in [2.75, 3.05) is 13.2 Å². The van der Waals surface area contributed by atoms with Crippen molar-refractivity contribution in [3.63, 3.8) is 0 Å². The van der Waals surface area contributed by atoms with E-state index >= 15 is 0 Å². The van der Waals surface area contributed by atoms with Gasteiger partial charge < -0.3 is 24.7 Å². The van der Waals surface area contributed by atoms with Crippen LogP contribution in [0.3, 0.4) is 0 Å². The summed E-state index contributed by atoms with van der Waals surface area (Å²) in [5.74, 6) is 1.24. The Morgan fingerprint density at radius 2 is 1.72 bits per heavy atom. The molecule has 0 spiro atoms. The number of nitrogens with two attached hydrogens (primary N) is 1. The van der Waals surface area contributed by atoms with Crippen molar-refractivity contribution in [3.05, 3.63) is 111 Å². The molecule has 0 saturated carbocycles. The molecular formula is C34H26ClN3O5. The van der Waals surface area contributed by atoms with Gasteiger partial charge in [0.05, 0.1) is 16.7 Å². The van der Waals surface area contributed by atoms with Gasteiger partial charge in [0.1, 0.15) is 49.6 Å². The molecule has 0 unspecified atom stereocenters. The lowest BCUT2D eigenvalue weighted by molar-refractivity contribution is -0.114. The molecule has 0 aromatic heterocycles. The first-order valence-corrected chi connectivity index (χ1v) is 13.7. The van der Waals surface area contributed by atoms with Crippen LogP contribution in [-0.2, 0) is 18.0 Å². The van der Waals surface area contributed by atoms with E-state index in [-0.39, 0.29) is 23.8 Å². The number of carbonyl (C=O) groups is 1. The van der Waals surface area contributed by atoms with Crippen LogP contribution >= 0.6 is 11.6 Å². The van der Waals surface area contributed by atoms with Crippen molar-refractivity contribution in [2.45, 2.75) is 20.1 Å². The largest absolute Gasteiger partial charge is 0.488 e. The molecule has 0 atom stereocenters. The van der Waals surface area contributed by atoms with Crippen LogP contribution in [0, 0.1) is 29.6 Å². The number of nitriles is 2. The van der Waals surface area contributed by atoms with E-state index < -0.39 is 5.91 Å². The first-order valence-electron chi connectivity index (χ1n) is 13.3. The van der Waals surface area contributed by atoms with Gasteiger partial charge in [-0.3, -0.25) is 4.79 Å². The molecule has 0 aliphatic carbocycles. The summed E-state index contributed by atoms with van der Waals surface area (Å²) in [5, 5.41) is 18.9. The summed E-state index contributed by atoms with van der Waals surface area (Å²) < 4.78 is 23.7. The summed E-state index contributed by atoms with van der Waals surface area (Å²) in [6.45, 7) is 3.40. The third-order valence-electron chi connectivity index (χ3n) is 6.88. The van der Waals surface area contributed by atoms with Gasteiger partial charge in [0.15, 0.2) is 11.5 Å². The number of ether oxygens (including phenoxy) is 4. The van der Waals surface area contributed by atoms with Gasteiger partial charge in [-0.2, -0.15) is 10.5 Å². The Bertz CT molecular complexity index is 1820. The molecule has 1 aliphatic rings. The van der Waals surface area contributed by atoms with E-state index in [1.54, 1.807) is 36.4 Å². The number of rotatable bonds is 9. The van der Waals surface area contributed by atoms with Crippen molar-refractivity contribution in [2.24, 2.45) is 5.73 Å². The predicted molar refractivity (Wildman–Crippen MR) is 162 cm³/mol. The lowest BCUT2D eigenvalue weighted by atomic mass is 9.96. The van der Waals surface area contributed by atoms with Crippen LogP contribution in [0.25, 0.3) is 17.2 Å². The molecule has 2 N–H and O–H groups in total. The highest BCUT2D eigenvalue weighted by Gasteiger charge is 2.16. The lowest BCUT2D eigenvalue weighted by Gasteiger charge is -2.20. The first-order chi connectivity index (χ1) is 20.9. The maximum Gasteiger partial charge on any atom is 0.259 e. The third kappa shape index (κ3) is 6.73. The summed E-state index contributed by atoms with van der Waals surface area (Å²) >= 11 is 6.59. The Balaban J connectivity index is 1.42. The number of nitrogens with zero attached hydrogens (tertiary/aromatic N) is 2. The van der Waals surface area contributed by atoms with E-state index in [1.165, 1.54) is 6.08 Å². The molecule has 9 heteroatoms. The maximum absolute atomic E-state index is 11.7. The minimum absolute atomic E-state index is 0.118. The number of fused-ring (bicyclic) bond motifs is 1. The molecule has 4 aromatic rings. The fourth-order valence-electron chi connectivity index (χ4n) is 4.62. The zero-order chi connectivity index (χ0) is 30.3. The number of hydrogen-bond acceptors (Lipinski definition) is 7. The Hall–Kier alpha value is -5.44. The van der Waals surface area contributed by atoms with Gasteiger partial charge in [-0.1, -0.05) is 48.0 Å². The number of halogens is 1. The molecule has 1 aliphatic heterocycles. The highest BCUT2D eigenvalue weighted by atomic mass is 35.5. The van der Waals surface area contributed by atoms with Gasteiger partial charge in [0, 0.05) is 11.6 Å². The summed E-state index contributed by atoms with van der Waals surface area (Å²) in [7, 11) is 0. The van der Waals surface area contributed by atoms with Crippen molar-refractivity contribution in [1.29, 1.82) is 10.5 Å². The molecule has 0 radical (unpaired) electrons. The van der Waals surface area contributed by atoms with E-state index in [4.69, 9.17) is 36.3 Å². The topological polar surface area (TPSA) is 128 Å². The van der Waals surface area contributed by atoms with Crippen molar-refractivity contribution >= 4 is 23.6 Å². The summed E-state index contributed by atoms with van der Waals surface area (Å²) in [6, 6.07) is 25.9. The normalized spacial score (nSPS) is 12.1. The Kier molecular flexibility index (Phi) is 8.81. The zero-order valence-corrected chi connectivity index (χ0v) is 24.0. The van der Waals surface area contributed by atoms with E-state index in [0.717, 1.165) is 33.6 Å². The maximum atomic E-state index is 11.7. The standard InChI is InChI=1S/C34H26ClN3O5/c1-21-25(6-3-7-28(21)24-8-9-30-33(15-24)41-11-10-40-30)20-43-32-16-31(42-19-23-5-2-4-22(12-23)17-36)26(14-29(32)35)13-27(18-37)34(38)39/h2-9,12-16H,10-11,19-20H2,1H3,(H2,38,39)/b27-13+. The molecule has 214 valence electrons. The van der Waals surface area contributed by atoms with Gasteiger partial charge in [-0.15, -0.1) is 0 Å². The third-order valence-corrected chi connectivity index (χ3v) is 7.18. The Morgan fingerprint density at radius 1 is 0.953 bits per heavy atom. The molecule has 5 rings (SSSR count). The van der Waals surface area contributed by atoms with Crippen molar-refractivity contribution in [1.82, 2.24) is 0 Å². The van der Waals surface area contributed by atoms with E-state index in [9.17, 15) is 15.3 Å². The van der Waals surface area contributed by atoms with Crippen LogP contribution in [-0.4, -0.2) is 19.1 Å². The van der Waals surface area contributed by atoms with Crippen LogP contribution in [0.1, 0.15) is 27.8 Å². The fourth-order valence-corrected chi connectivity index (χ4v) is 4.85. The second kappa shape index (κ2) is 13.0. The number of amides is 1.